The zero-order valence-electron chi connectivity index (χ0n) is 19.7. The molecule has 10 heteroatoms. The molecular weight excluding hydrogens is 541 g/mol. The molecule has 4 rings (SSSR count). The second-order valence-electron chi connectivity index (χ2n) is 8.62. The highest BCUT2D eigenvalue weighted by molar-refractivity contribution is 7.89. The third-order valence-corrected chi connectivity index (χ3v) is 8.83. The lowest BCUT2D eigenvalue weighted by Gasteiger charge is -2.37. The average molecular weight is 567 g/mol. The fourth-order valence-corrected chi connectivity index (χ4v) is 6.20. The van der Waals surface area contributed by atoms with E-state index in [0.29, 0.717) is 46.8 Å². The number of carbonyl (C=O) groups is 1. The molecule has 0 N–H and O–H groups in total. The van der Waals surface area contributed by atoms with Crippen molar-refractivity contribution in [3.05, 3.63) is 92.9 Å². The molecule has 0 aromatic heterocycles. The number of anilines is 1. The van der Waals surface area contributed by atoms with Crippen LogP contribution in [0.25, 0.3) is 0 Å². The van der Waals surface area contributed by atoms with Crippen LogP contribution in [0, 0.1) is 6.92 Å². The number of piperazine rings is 1. The Hall–Kier alpha value is -2.29. The van der Waals surface area contributed by atoms with Gasteiger partial charge in [0, 0.05) is 53.5 Å². The zero-order valence-corrected chi connectivity index (χ0v) is 22.8. The van der Waals surface area contributed by atoms with Crippen LogP contribution in [0.2, 0.25) is 15.1 Å². The molecule has 190 valence electrons. The number of benzene rings is 3. The SMILES string of the molecule is Cc1ccc(Cl)cc1N1CCN(C(=O)CN(Cc2ccc(Cl)cc2Cl)S(=O)(=O)c2ccccc2)CC1. The van der Waals surface area contributed by atoms with Gasteiger partial charge < -0.3 is 9.80 Å². The van der Waals surface area contributed by atoms with Crippen molar-refractivity contribution in [3.63, 3.8) is 0 Å². The minimum absolute atomic E-state index is 0.0549. The molecule has 0 atom stereocenters. The first-order valence-electron chi connectivity index (χ1n) is 11.4. The highest BCUT2D eigenvalue weighted by Gasteiger charge is 2.30. The van der Waals surface area contributed by atoms with Crippen molar-refractivity contribution in [3.8, 4) is 0 Å². The van der Waals surface area contributed by atoms with E-state index in [1.807, 2.05) is 25.1 Å². The molecular formula is C26H26Cl3N3O3S. The van der Waals surface area contributed by atoms with Crippen molar-refractivity contribution < 1.29 is 13.2 Å². The maximum Gasteiger partial charge on any atom is 0.243 e. The van der Waals surface area contributed by atoms with Crippen molar-refractivity contribution in [1.29, 1.82) is 0 Å². The molecule has 0 spiro atoms. The molecule has 1 aliphatic rings. The molecule has 0 bridgehead atoms. The monoisotopic (exact) mass is 565 g/mol. The number of rotatable bonds is 7. The van der Waals surface area contributed by atoms with Gasteiger partial charge in [0.1, 0.15) is 0 Å². The number of hydrogen-bond acceptors (Lipinski definition) is 4. The van der Waals surface area contributed by atoms with E-state index >= 15 is 0 Å². The van der Waals surface area contributed by atoms with E-state index in [1.165, 1.54) is 16.4 Å². The molecule has 0 aliphatic carbocycles. The van der Waals surface area contributed by atoms with Crippen LogP contribution in [0.4, 0.5) is 5.69 Å². The van der Waals surface area contributed by atoms with Gasteiger partial charge in [-0.3, -0.25) is 4.79 Å². The van der Waals surface area contributed by atoms with Crippen LogP contribution in [-0.2, 0) is 21.4 Å². The van der Waals surface area contributed by atoms with E-state index in [0.717, 1.165) is 11.3 Å². The molecule has 1 fully saturated rings. The second-order valence-corrected chi connectivity index (χ2v) is 11.8. The summed E-state index contributed by atoms with van der Waals surface area (Å²) >= 11 is 18.5. The van der Waals surface area contributed by atoms with Crippen molar-refractivity contribution in [1.82, 2.24) is 9.21 Å². The summed E-state index contributed by atoms with van der Waals surface area (Å²) in [5, 5.41) is 1.45. The molecule has 36 heavy (non-hydrogen) atoms. The number of halogens is 3. The number of aryl methyl sites for hydroxylation is 1. The van der Waals surface area contributed by atoms with Crippen LogP contribution in [0.3, 0.4) is 0 Å². The molecule has 1 heterocycles. The summed E-state index contributed by atoms with van der Waals surface area (Å²) in [5.74, 6) is -0.262. The average Bonchev–Trinajstić information content (AvgIpc) is 2.87. The molecule has 1 saturated heterocycles. The second kappa shape index (κ2) is 11.4. The van der Waals surface area contributed by atoms with E-state index in [1.54, 1.807) is 41.3 Å². The summed E-state index contributed by atoms with van der Waals surface area (Å²) < 4.78 is 28.2. The van der Waals surface area contributed by atoms with Crippen LogP contribution in [-0.4, -0.2) is 56.3 Å². The van der Waals surface area contributed by atoms with Crippen molar-refractivity contribution >= 4 is 56.4 Å². The van der Waals surface area contributed by atoms with E-state index in [9.17, 15) is 13.2 Å². The van der Waals surface area contributed by atoms with Crippen molar-refractivity contribution in [2.24, 2.45) is 0 Å². The summed E-state index contributed by atoms with van der Waals surface area (Å²) in [5.41, 5.74) is 2.72. The van der Waals surface area contributed by atoms with E-state index < -0.39 is 10.0 Å². The fraction of sp³-hybridized carbons (Fsp3) is 0.269. The quantitative estimate of drug-likeness (QED) is 0.379. The summed E-state index contributed by atoms with van der Waals surface area (Å²) in [6.45, 7) is 3.88. The standard InChI is InChI=1S/C26H26Cl3N3O3S/c1-19-7-9-22(28)16-25(19)30-11-13-31(14-12-30)26(33)18-32(17-20-8-10-21(27)15-24(20)29)36(34,35)23-5-3-2-4-6-23/h2-10,15-16H,11-14,17-18H2,1H3. The number of hydrogen-bond donors (Lipinski definition) is 0. The van der Waals surface area contributed by atoms with Gasteiger partial charge in [-0.05, 0) is 54.4 Å². The summed E-state index contributed by atoms with van der Waals surface area (Å²) in [6.07, 6.45) is 0. The summed E-state index contributed by atoms with van der Waals surface area (Å²) in [6, 6.07) is 18.7. The lowest BCUT2D eigenvalue weighted by molar-refractivity contribution is -0.131. The van der Waals surface area contributed by atoms with E-state index in [2.05, 4.69) is 4.90 Å². The van der Waals surface area contributed by atoms with Crippen LogP contribution in [0.5, 0.6) is 0 Å². The minimum Gasteiger partial charge on any atom is -0.368 e. The van der Waals surface area contributed by atoms with Gasteiger partial charge in [0.25, 0.3) is 0 Å². The molecule has 3 aromatic rings. The summed E-state index contributed by atoms with van der Waals surface area (Å²) in [7, 11) is -3.95. The normalized spacial score (nSPS) is 14.4. The Balaban J connectivity index is 1.52. The fourth-order valence-electron chi connectivity index (χ4n) is 4.18. The number of carbonyl (C=O) groups excluding carboxylic acids is 1. The van der Waals surface area contributed by atoms with Crippen molar-refractivity contribution in [2.75, 3.05) is 37.6 Å². The Morgan fingerprint density at radius 2 is 1.53 bits per heavy atom. The Morgan fingerprint density at radius 1 is 0.889 bits per heavy atom. The van der Waals surface area contributed by atoms with Gasteiger partial charge in [0.2, 0.25) is 15.9 Å². The third kappa shape index (κ3) is 6.15. The number of sulfonamides is 1. The van der Waals surface area contributed by atoms with Crippen LogP contribution in [0.1, 0.15) is 11.1 Å². The number of nitrogens with zero attached hydrogens (tertiary/aromatic N) is 3. The van der Waals surface area contributed by atoms with Gasteiger partial charge in [0.05, 0.1) is 11.4 Å². The molecule has 0 saturated carbocycles. The lowest BCUT2D eigenvalue weighted by atomic mass is 10.1. The predicted molar refractivity (Wildman–Crippen MR) is 145 cm³/mol. The van der Waals surface area contributed by atoms with Crippen LogP contribution >= 0.6 is 34.8 Å². The Bertz CT molecular complexity index is 1350. The molecule has 0 radical (unpaired) electrons. The predicted octanol–water partition coefficient (Wildman–Crippen LogP) is 5.49. The highest BCUT2D eigenvalue weighted by Crippen LogP contribution is 2.27. The minimum atomic E-state index is -3.95. The highest BCUT2D eigenvalue weighted by atomic mass is 35.5. The smallest absolute Gasteiger partial charge is 0.243 e. The molecule has 3 aromatic carbocycles. The molecule has 1 aliphatic heterocycles. The van der Waals surface area contributed by atoms with Crippen LogP contribution in [0.15, 0.2) is 71.6 Å². The largest absolute Gasteiger partial charge is 0.368 e. The molecule has 1 amide bonds. The van der Waals surface area contributed by atoms with Crippen molar-refractivity contribution in [2.45, 2.75) is 18.4 Å². The third-order valence-electron chi connectivity index (χ3n) is 6.20. The maximum absolute atomic E-state index is 13.5. The topological polar surface area (TPSA) is 60.9 Å². The Morgan fingerprint density at radius 3 is 2.19 bits per heavy atom. The number of amides is 1. The summed E-state index contributed by atoms with van der Waals surface area (Å²) in [4.78, 5) is 17.3. The first-order chi connectivity index (χ1) is 17.1. The molecule has 0 unspecified atom stereocenters. The van der Waals surface area contributed by atoms with Crippen LogP contribution < -0.4 is 4.90 Å². The first-order valence-corrected chi connectivity index (χ1v) is 14.0. The maximum atomic E-state index is 13.5. The van der Waals surface area contributed by atoms with Gasteiger partial charge in [-0.15, -0.1) is 0 Å². The van der Waals surface area contributed by atoms with Gasteiger partial charge >= 0.3 is 0 Å². The van der Waals surface area contributed by atoms with Gasteiger partial charge in [-0.1, -0.05) is 65.1 Å². The first kappa shape index (κ1) is 26.8. The Labute approximate surface area is 227 Å². The van der Waals surface area contributed by atoms with E-state index in [4.69, 9.17) is 34.8 Å². The zero-order chi connectivity index (χ0) is 25.9. The van der Waals surface area contributed by atoms with Gasteiger partial charge in [-0.2, -0.15) is 4.31 Å². The van der Waals surface area contributed by atoms with E-state index in [-0.39, 0.29) is 23.9 Å². The van der Waals surface area contributed by atoms with Gasteiger partial charge in [-0.25, -0.2) is 8.42 Å². The Kier molecular flexibility index (Phi) is 8.48. The molecule has 6 nitrogen and oxygen atoms in total. The lowest BCUT2D eigenvalue weighted by Crippen LogP contribution is -2.52. The van der Waals surface area contributed by atoms with Gasteiger partial charge in [0.15, 0.2) is 0 Å².